The molecule has 5 nitrogen and oxygen atoms in total. The highest BCUT2D eigenvalue weighted by molar-refractivity contribution is 5.51. The van der Waals surface area contributed by atoms with Gasteiger partial charge >= 0.3 is 0 Å². The Balaban J connectivity index is 1.97. The normalized spacial score (nSPS) is 29.8. The number of aliphatic hydroxyl groups excluding tert-OH is 1. The monoisotopic (exact) mass is 276 g/mol. The number of hydrogen-bond acceptors (Lipinski definition) is 5. The Labute approximate surface area is 120 Å². The molecule has 3 rings (SSSR count). The Morgan fingerprint density at radius 1 is 1.20 bits per heavy atom. The molecule has 0 amide bonds. The lowest BCUT2D eigenvalue weighted by atomic mass is 9.95. The van der Waals surface area contributed by atoms with Crippen LogP contribution in [0, 0.1) is 0 Å². The molecule has 1 aromatic heterocycles. The van der Waals surface area contributed by atoms with Crippen LogP contribution in [-0.2, 0) is 5.41 Å². The Morgan fingerprint density at radius 2 is 1.80 bits per heavy atom. The summed E-state index contributed by atoms with van der Waals surface area (Å²) < 4.78 is 0. The first kappa shape index (κ1) is 13.6. The van der Waals surface area contributed by atoms with Gasteiger partial charge in [-0.15, -0.1) is 0 Å². The SMILES string of the molecule is CC(C)(C)c1nc(N)cc(N2C3CCC2CC(O)C3)n1. The topological polar surface area (TPSA) is 75.3 Å². The molecule has 3 N–H and O–H groups in total. The van der Waals surface area contributed by atoms with Gasteiger partial charge in [-0.05, 0) is 25.7 Å². The summed E-state index contributed by atoms with van der Waals surface area (Å²) in [6, 6.07) is 2.66. The molecule has 0 saturated carbocycles. The van der Waals surface area contributed by atoms with Crippen LogP contribution in [-0.4, -0.2) is 33.3 Å². The van der Waals surface area contributed by atoms with Gasteiger partial charge in [0.05, 0.1) is 6.10 Å². The van der Waals surface area contributed by atoms with Crippen LogP contribution in [0.5, 0.6) is 0 Å². The maximum absolute atomic E-state index is 9.91. The molecule has 1 aromatic rings. The number of nitrogen functional groups attached to an aromatic ring is 1. The van der Waals surface area contributed by atoms with Gasteiger partial charge < -0.3 is 15.7 Å². The fourth-order valence-electron chi connectivity index (χ4n) is 3.44. The molecule has 0 aliphatic carbocycles. The van der Waals surface area contributed by atoms with Gasteiger partial charge in [-0.3, -0.25) is 0 Å². The molecule has 110 valence electrons. The van der Waals surface area contributed by atoms with Gasteiger partial charge in [-0.1, -0.05) is 20.8 Å². The summed E-state index contributed by atoms with van der Waals surface area (Å²) in [7, 11) is 0. The Bertz CT molecular complexity index is 497. The van der Waals surface area contributed by atoms with Crippen LogP contribution in [0.4, 0.5) is 11.6 Å². The van der Waals surface area contributed by atoms with Crippen molar-refractivity contribution in [3.8, 4) is 0 Å². The van der Waals surface area contributed by atoms with Gasteiger partial charge in [0.25, 0.3) is 0 Å². The van der Waals surface area contributed by atoms with Crippen molar-refractivity contribution in [1.82, 2.24) is 9.97 Å². The van der Waals surface area contributed by atoms with E-state index in [1.807, 2.05) is 6.07 Å². The predicted octanol–water partition coefficient (Wildman–Crippen LogP) is 1.85. The van der Waals surface area contributed by atoms with Crippen LogP contribution >= 0.6 is 0 Å². The van der Waals surface area contributed by atoms with Crippen molar-refractivity contribution in [2.75, 3.05) is 10.6 Å². The molecule has 2 bridgehead atoms. The molecular weight excluding hydrogens is 252 g/mol. The molecule has 3 heterocycles. The smallest absolute Gasteiger partial charge is 0.138 e. The molecule has 20 heavy (non-hydrogen) atoms. The molecule has 0 spiro atoms. The molecule has 2 aliphatic rings. The minimum absolute atomic E-state index is 0.113. The number of aliphatic hydroxyl groups is 1. The van der Waals surface area contributed by atoms with E-state index in [2.05, 4.69) is 30.7 Å². The maximum Gasteiger partial charge on any atom is 0.138 e. The lowest BCUT2D eigenvalue weighted by Crippen LogP contribution is -2.45. The highest BCUT2D eigenvalue weighted by Gasteiger charge is 2.41. The van der Waals surface area contributed by atoms with E-state index in [1.165, 1.54) is 0 Å². The molecule has 2 saturated heterocycles. The van der Waals surface area contributed by atoms with E-state index in [0.717, 1.165) is 37.3 Å². The van der Waals surface area contributed by atoms with E-state index in [4.69, 9.17) is 10.7 Å². The second-order valence-electron chi connectivity index (χ2n) is 7.14. The van der Waals surface area contributed by atoms with Gasteiger partial charge in [-0.25, -0.2) is 9.97 Å². The highest BCUT2D eigenvalue weighted by Crippen LogP contribution is 2.39. The van der Waals surface area contributed by atoms with Crippen LogP contribution < -0.4 is 10.6 Å². The second-order valence-corrected chi connectivity index (χ2v) is 7.14. The minimum atomic E-state index is -0.162. The third-order valence-corrected chi connectivity index (χ3v) is 4.38. The van der Waals surface area contributed by atoms with Crippen LogP contribution in [0.25, 0.3) is 0 Å². The summed E-state index contributed by atoms with van der Waals surface area (Å²) in [5.74, 6) is 2.25. The zero-order valence-electron chi connectivity index (χ0n) is 12.5. The molecule has 2 fully saturated rings. The molecule has 0 aromatic carbocycles. The molecule has 0 radical (unpaired) electrons. The number of piperidine rings is 1. The van der Waals surface area contributed by atoms with E-state index >= 15 is 0 Å². The van der Waals surface area contributed by atoms with Crippen molar-refractivity contribution in [2.45, 2.75) is 70.1 Å². The number of nitrogens with zero attached hydrogens (tertiary/aromatic N) is 3. The van der Waals surface area contributed by atoms with Crippen molar-refractivity contribution in [3.05, 3.63) is 11.9 Å². The first-order chi connectivity index (χ1) is 9.34. The van der Waals surface area contributed by atoms with Crippen molar-refractivity contribution in [2.24, 2.45) is 0 Å². The summed E-state index contributed by atoms with van der Waals surface area (Å²) in [6.07, 6.45) is 3.79. The van der Waals surface area contributed by atoms with E-state index in [1.54, 1.807) is 0 Å². The van der Waals surface area contributed by atoms with Crippen molar-refractivity contribution in [3.63, 3.8) is 0 Å². The quantitative estimate of drug-likeness (QED) is 0.818. The first-order valence-corrected chi connectivity index (χ1v) is 7.46. The minimum Gasteiger partial charge on any atom is -0.393 e. The van der Waals surface area contributed by atoms with Crippen LogP contribution in [0.15, 0.2) is 6.07 Å². The number of hydrogen-bond donors (Lipinski definition) is 2. The lowest BCUT2D eigenvalue weighted by Gasteiger charge is -2.38. The number of rotatable bonds is 1. The first-order valence-electron chi connectivity index (χ1n) is 7.46. The molecule has 2 atom stereocenters. The highest BCUT2D eigenvalue weighted by atomic mass is 16.3. The average Bonchev–Trinajstić information content (AvgIpc) is 2.60. The standard InChI is InChI=1S/C15H24N4O/c1-15(2,3)14-17-12(16)8-13(18-14)19-9-4-5-10(19)7-11(20)6-9/h8-11,20H,4-7H2,1-3H3,(H2,16,17,18). The Hall–Kier alpha value is -1.36. The second kappa shape index (κ2) is 4.58. The average molecular weight is 276 g/mol. The fourth-order valence-corrected chi connectivity index (χ4v) is 3.44. The van der Waals surface area contributed by atoms with Crippen molar-refractivity contribution >= 4 is 11.6 Å². The third kappa shape index (κ3) is 2.35. The zero-order chi connectivity index (χ0) is 14.5. The summed E-state index contributed by atoms with van der Waals surface area (Å²) in [5.41, 5.74) is 5.86. The van der Waals surface area contributed by atoms with Crippen molar-refractivity contribution < 1.29 is 5.11 Å². The largest absolute Gasteiger partial charge is 0.393 e. The fraction of sp³-hybridized carbons (Fsp3) is 0.733. The molecule has 2 aliphatic heterocycles. The van der Waals surface area contributed by atoms with Crippen molar-refractivity contribution in [1.29, 1.82) is 0 Å². The number of fused-ring (bicyclic) bond motifs is 2. The van der Waals surface area contributed by atoms with E-state index in [-0.39, 0.29) is 11.5 Å². The molecule has 5 heteroatoms. The zero-order valence-corrected chi connectivity index (χ0v) is 12.5. The summed E-state index contributed by atoms with van der Waals surface area (Å²) >= 11 is 0. The summed E-state index contributed by atoms with van der Waals surface area (Å²) in [5, 5.41) is 9.91. The third-order valence-electron chi connectivity index (χ3n) is 4.38. The van der Waals surface area contributed by atoms with E-state index < -0.39 is 0 Å². The lowest BCUT2D eigenvalue weighted by molar-refractivity contribution is 0.126. The van der Waals surface area contributed by atoms with E-state index in [9.17, 15) is 5.11 Å². The van der Waals surface area contributed by atoms with E-state index in [0.29, 0.717) is 17.9 Å². The van der Waals surface area contributed by atoms with Gasteiger partial charge in [0.15, 0.2) is 0 Å². The Morgan fingerprint density at radius 3 is 2.35 bits per heavy atom. The number of nitrogens with two attached hydrogens (primary N) is 1. The Kier molecular flexibility index (Phi) is 3.12. The predicted molar refractivity (Wildman–Crippen MR) is 79.7 cm³/mol. The van der Waals surface area contributed by atoms with Gasteiger partial charge in [0.2, 0.25) is 0 Å². The maximum atomic E-state index is 9.91. The van der Waals surface area contributed by atoms with Crippen LogP contribution in [0.1, 0.15) is 52.3 Å². The van der Waals surface area contributed by atoms with Crippen LogP contribution in [0.3, 0.4) is 0 Å². The van der Waals surface area contributed by atoms with Gasteiger partial charge in [-0.2, -0.15) is 0 Å². The number of anilines is 2. The van der Waals surface area contributed by atoms with Gasteiger partial charge in [0.1, 0.15) is 17.5 Å². The number of aromatic nitrogens is 2. The summed E-state index contributed by atoms with van der Waals surface area (Å²) in [6.45, 7) is 6.29. The molecule has 2 unspecified atom stereocenters. The molecular formula is C15H24N4O. The van der Waals surface area contributed by atoms with Gasteiger partial charge in [0, 0.05) is 23.6 Å². The van der Waals surface area contributed by atoms with Crippen LogP contribution in [0.2, 0.25) is 0 Å². The summed E-state index contributed by atoms with van der Waals surface area (Å²) in [4.78, 5) is 11.5.